The van der Waals surface area contributed by atoms with Crippen LogP contribution in [0.25, 0.3) is 5.57 Å². The summed E-state index contributed by atoms with van der Waals surface area (Å²) in [5.41, 5.74) is 1.31. The Hall–Kier alpha value is -2.28. The Kier molecular flexibility index (Phi) is 7.03. The molecular weight excluding hydrogens is 264 g/mol. The predicted molar refractivity (Wildman–Crippen MR) is 83.0 cm³/mol. The van der Waals surface area contributed by atoms with E-state index in [4.69, 9.17) is 4.74 Å². The summed E-state index contributed by atoms with van der Waals surface area (Å²) in [6, 6.07) is 11.1. The summed E-state index contributed by atoms with van der Waals surface area (Å²) in [7, 11) is 0. The zero-order valence-corrected chi connectivity index (χ0v) is 12.8. The number of nitriles is 1. The Labute approximate surface area is 126 Å². The van der Waals surface area contributed by atoms with Gasteiger partial charge < -0.3 is 10.1 Å². The first-order chi connectivity index (χ1) is 10.1. The third kappa shape index (κ3) is 5.70. The normalized spacial score (nSPS) is 12.6. The molecule has 4 nitrogen and oxygen atoms in total. The lowest BCUT2D eigenvalue weighted by molar-refractivity contribution is -0.145. The van der Waals surface area contributed by atoms with Gasteiger partial charge in [-0.2, -0.15) is 5.26 Å². The van der Waals surface area contributed by atoms with Crippen molar-refractivity contribution in [3.8, 4) is 6.07 Å². The number of nitrogens with one attached hydrogen (secondary N) is 1. The van der Waals surface area contributed by atoms with Crippen LogP contribution in [0, 0.1) is 17.2 Å². The van der Waals surface area contributed by atoms with E-state index in [1.807, 2.05) is 44.2 Å². The molecule has 0 heterocycles. The van der Waals surface area contributed by atoms with Crippen LogP contribution in [0.4, 0.5) is 0 Å². The van der Waals surface area contributed by atoms with Crippen molar-refractivity contribution < 1.29 is 9.53 Å². The molecule has 21 heavy (non-hydrogen) atoms. The summed E-state index contributed by atoms with van der Waals surface area (Å²) < 4.78 is 5.06. The van der Waals surface area contributed by atoms with Crippen molar-refractivity contribution in [1.29, 1.82) is 5.26 Å². The number of hydrogen-bond acceptors (Lipinski definition) is 4. The monoisotopic (exact) mass is 286 g/mol. The topological polar surface area (TPSA) is 62.1 Å². The van der Waals surface area contributed by atoms with Gasteiger partial charge in [-0.05, 0) is 24.8 Å². The SMILES string of the molecule is CCOC(=O)[C@H](CC(C)C)N/C=C(\C#N)c1ccccc1. The highest BCUT2D eigenvalue weighted by molar-refractivity contribution is 5.79. The van der Waals surface area contributed by atoms with Crippen LogP contribution in [0.2, 0.25) is 0 Å². The van der Waals surface area contributed by atoms with Gasteiger partial charge in [-0.25, -0.2) is 4.79 Å². The van der Waals surface area contributed by atoms with Crippen molar-refractivity contribution in [3.63, 3.8) is 0 Å². The third-order valence-corrected chi connectivity index (χ3v) is 2.91. The second kappa shape index (κ2) is 8.80. The largest absolute Gasteiger partial charge is 0.464 e. The lowest BCUT2D eigenvalue weighted by atomic mass is 10.0. The number of hydrogen-bond donors (Lipinski definition) is 1. The molecule has 0 radical (unpaired) electrons. The van der Waals surface area contributed by atoms with Gasteiger partial charge in [-0.15, -0.1) is 0 Å². The minimum absolute atomic E-state index is 0.284. The molecule has 0 saturated carbocycles. The molecule has 0 fully saturated rings. The van der Waals surface area contributed by atoms with Gasteiger partial charge in [0, 0.05) is 6.20 Å². The van der Waals surface area contributed by atoms with E-state index in [0.29, 0.717) is 24.5 Å². The van der Waals surface area contributed by atoms with Crippen LogP contribution in [0.3, 0.4) is 0 Å². The molecule has 112 valence electrons. The van der Waals surface area contributed by atoms with E-state index in [1.165, 1.54) is 0 Å². The fourth-order valence-corrected chi connectivity index (χ4v) is 1.93. The van der Waals surface area contributed by atoms with Crippen molar-refractivity contribution in [2.24, 2.45) is 5.92 Å². The summed E-state index contributed by atoms with van der Waals surface area (Å²) in [5, 5.41) is 12.3. The first kappa shape index (κ1) is 16.8. The standard InChI is InChI=1S/C17H22N2O2/c1-4-21-17(20)16(10-13(2)3)19-12-15(11-18)14-8-6-5-7-9-14/h5-9,12-13,16,19H,4,10H2,1-3H3/b15-12+/t16-/m0/s1. The van der Waals surface area contributed by atoms with Gasteiger partial charge in [0.15, 0.2) is 0 Å². The second-order valence-corrected chi connectivity index (χ2v) is 5.14. The number of carbonyl (C=O) groups excluding carboxylic acids is 1. The minimum atomic E-state index is -0.433. The molecule has 0 spiro atoms. The van der Waals surface area contributed by atoms with Gasteiger partial charge >= 0.3 is 5.97 Å². The van der Waals surface area contributed by atoms with Crippen molar-refractivity contribution >= 4 is 11.5 Å². The average Bonchev–Trinajstić information content (AvgIpc) is 2.47. The fourth-order valence-electron chi connectivity index (χ4n) is 1.93. The summed E-state index contributed by atoms with van der Waals surface area (Å²) in [5.74, 6) is 0.0652. The van der Waals surface area contributed by atoms with Crippen molar-refractivity contribution in [1.82, 2.24) is 5.32 Å². The number of rotatable bonds is 7. The Morgan fingerprint density at radius 1 is 1.38 bits per heavy atom. The Morgan fingerprint density at radius 3 is 2.57 bits per heavy atom. The summed E-state index contributed by atoms with van der Waals surface area (Å²) in [6.45, 7) is 6.22. The first-order valence-electron chi connectivity index (χ1n) is 7.16. The van der Waals surface area contributed by atoms with Crippen LogP contribution >= 0.6 is 0 Å². The molecular formula is C17H22N2O2. The summed E-state index contributed by atoms with van der Waals surface area (Å²) >= 11 is 0. The van der Waals surface area contributed by atoms with E-state index in [2.05, 4.69) is 11.4 Å². The Morgan fingerprint density at radius 2 is 2.05 bits per heavy atom. The molecule has 0 bridgehead atoms. The molecule has 0 saturated heterocycles. The van der Waals surface area contributed by atoms with Gasteiger partial charge in [0.2, 0.25) is 0 Å². The maximum absolute atomic E-state index is 11.9. The van der Waals surface area contributed by atoms with E-state index in [0.717, 1.165) is 5.56 Å². The maximum atomic E-state index is 11.9. The van der Waals surface area contributed by atoms with Crippen LogP contribution in [0.5, 0.6) is 0 Å². The molecule has 0 aromatic heterocycles. The van der Waals surface area contributed by atoms with Gasteiger partial charge in [0.1, 0.15) is 12.1 Å². The van der Waals surface area contributed by atoms with Crippen molar-refractivity contribution in [2.75, 3.05) is 6.61 Å². The van der Waals surface area contributed by atoms with Gasteiger partial charge in [-0.3, -0.25) is 0 Å². The first-order valence-corrected chi connectivity index (χ1v) is 7.16. The number of allylic oxidation sites excluding steroid dienone is 1. The molecule has 0 aliphatic heterocycles. The Bertz CT molecular complexity index is 515. The lowest BCUT2D eigenvalue weighted by Gasteiger charge is -2.18. The van der Waals surface area contributed by atoms with Crippen LogP contribution < -0.4 is 5.32 Å². The van der Waals surface area contributed by atoms with E-state index >= 15 is 0 Å². The smallest absolute Gasteiger partial charge is 0.328 e. The molecule has 4 heteroatoms. The molecule has 0 aliphatic rings. The quantitative estimate of drug-likeness (QED) is 0.618. The van der Waals surface area contributed by atoms with Crippen LogP contribution in [0.15, 0.2) is 36.5 Å². The highest BCUT2D eigenvalue weighted by Crippen LogP contribution is 2.13. The van der Waals surface area contributed by atoms with Crippen LogP contribution in [-0.2, 0) is 9.53 Å². The van der Waals surface area contributed by atoms with E-state index in [9.17, 15) is 10.1 Å². The predicted octanol–water partition coefficient (Wildman–Crippen LogP) is 3.12. The average molecular weight is 286 g/mol. The number of carbonyl (C=O) groups is 1. The second-order valence-electron chi connectivity index (χ2n) is 5.14. The number of ether oxygens (including phenoxy) is 1. The van der Waals surface area contributed by atoms with Crippen LogP contribution in [-0.4, -0.2) is 18.6 Å². The zero-order valence-electron chi connectivity index (χ0n) is 12.8. The zero-order chi connectivity index (χ0) is 15.7. The van der Waals surface area contributed by atoms with Crippen molar-refractivity contribution in [2.45, 2.75) is 33.2 Å². The van der Waals surface area contributed by atoms with Gasteiger partial charge in [0.25, 0.3) is 0 Å². The number of nitrogens with zero attached hydrogens (tertiary/aromatic N) is 1. The molecule has 1 N–H and O–H groups in total. The van der Waals surface area contributed by atoms with Gasteiger partial charge in [-0.1, -0.05) is 44.2 Å². The molecule has 1 atom stereocenters. The number of benzene rings is 1. The van der Waals surface area contributed by atoms with E-state index in [-0.39, 0.29) is 5.97 Å². The third-order valence-electron chi connectivity index (χ3n) is 2.91. The highest BCUT2D eigenvalue weighted by Gasteiger charge is 2.19. The molecule has 1 rings (SSSR count). The van der Waals surface area contributed by atoms with Crippen molar-refractivity contribution in [3.05, 3.63) is 42.1 Å². The molecule has 0 amide bonds. The lowest BCUT2D eigenvalue weighted by Crippen LogP contribution is -2.36. The Balaban J connectivity index is 2.84. The molecule has 0 unspecified atom stereocenters. The maximum Gasteiger partial charge on any atom is 0.328 e. The van der Waals surface area contributed by atoms with E-state index in [1.54, 1.807) is 13.1 Å². The summed E-state index contributed by atoms with van der Waals surface area (Å²) in [6.07, 6.45) is 2.25. The fraction of sp³-hybridized carbons (Fsp3) is 0.412. The number of esters is 1. The van der Waals surface area contributed by atoms with E-state index < -0.39 is 6.04 Å². The van der Waals surface area contributed by atoms with Crippen LogP contribution in [0.1, 0.15) is 32.8 Å². The molecule has 1 aromatic rings. The summed E-state index contributed by atoms with van der Waals surface area (Å²) in [4.78, 5) is 11.9. The molecule has 1 aromatic carbocycles. The molecule has 0 aliphatic carbocycles. The highest BCUT2D eigenvalue weighted by atomic mass is 16.5. The minimum Gasteiger partial charge on any atom is -0.464 e. The van der Waals surface area contributed by atoms with Gasteiger partial charge in [0.05, 0.1) is 12.2 Å².